The molecule has 1 aromatic carbocycles. The summed E-state index contributed by atoms with van der Waals surface area (Å²) in [5.41, 5.74) is 6.51. The van der Waals surface area contributed by atoms with Crippen molar-refractivity contribution in [1.29, 1.82) is 0 Å². The van der Waals surface area contributed by atoms with Gasteiger partial charge in [-0.1, -0.05) is 0 Å². The molecular weight excluding hydrogens is 197 g/mol. The Balaban J connectivity index is 2.30. The molecule has 2 aromatic rings. The fraction of sp³-hybridized carbons (Fsp3) is 0.300. The summed E-state index contributed by atoms with van der Waals surface area (Å²) < 4.78 is 18.1. The Kier molecular flexibility index (Phi) is 2.55. The van der Waals surface area contributed by atoms with E-state index in [4.69, 9.17) is 10.2 Å². The van der Waals surface area contributed by atoms with E-state index in [9.17, 15) is 4.39 Å². The number of nitrogens with two attached hydrogens (primary N) is 1. The third kappa shape index (κ3) is 2.07. The van der Waals surface area contributed by atoms with Crippen molar-refractivity contribution in [1.82, 2.24) is 4.98 Å². The van der Waals surface area contributed by atoms with Crippen LogP contribution in [0.15, 0.2) is 22.6 Å². The van der Waals surface area contributed by atoms with Crippen LogP contribution in [-0.2, 0) is 0 Å². The maximum Gasteiger partial charge on any atom is 0.295 e. The number of fused-ring (bicyclic) bond motifs is 1. The summed E-state index contributed by atoms with van der Waals surface area (Å²) in [6.45, 7) is 2.39. The molecule has 0 aliphatic heterocycles. The van der Waals surface area contributed by atoms with E-state index < -0.39 is 0 Å². The van der Waals surface area contributed by atoms with E-state index in [1.807, 2.05) is 6.92 Å². The Bertz CT molecular complexity index is 469. The molecule has 0 spiro atoms. The zero-order valence-corrected chi connectivity index (χ0v) is 8.33. The number of nitrogens with zero attached hydrogens (tertiary/aromatic N) is 1. The van der Waals surface area contributed by atoms with Crippen molar-refractivity contribution in [2.45, 2.75) is 13.0 Å². The van der Waals surface area contributed by atoms with Gasteiger partial charge in [0.05, 0.1) is 0 Å². The number of rotatable bonds is 3. The summed E-state index contributed by atoms with van der Waals surface area (Å²) in [6.07, 6.45) is 0. The monoisotopic (exact) mass is 209 g/mol. The van der Waals surface area contributed by atoms with Crippen LogP contribution in [0, 0.1) is 5.82 Å². The summed E-state index contributed by atoms with van der Waals surface area (Å²) in [5, 5.41) is 2.98. The van der Waals surface area contributed by atoms with Gasteiger partial charge in [-0.2, -0.15) is 4.98 Å². The molecule has 1 unspecified atom stereocenters. The number of benzene rings is 1. The third-order valence-electron chi connectivity index (χ3n) is 2.07. The van der Waals surface area contributed by atoms with Gasteiger partial charge in [0.1, 0.15) is 11.3 Å². The van der Waals surface area contributed by atoms with Crippen LogP contribution in [0.5, 0.6) is 0 Å². The topological polar surface area (TPSA) is 64.1 Å². The molecule has 0 bridgehead atoms. The first-order valence-electron chi connectivity index (χ1n) is 4.71. The molecule has 4 nitrogen and oxygen atoms in total. The van der Waals surface area contributed by atoms with Gasteiger partial charge in [-0.05, 0) is 19.1 Å². The van der Waals surface area contributed by atoms with Gasteiger partial charge < -0.3 is 15.5 Å². The Morgan fingerprint density at radius 2 is 2.40 bits per heavy atom. The van der Waals surface area contributed by atoms with Crippen molar-refractivity contribution in [2.75, 3.05) is 11.9 Å². The second-order valence-corrected chi connectivity index (χ2v) is 3.41. The lowest BCUT2D eigenvalue weighted by molar-refractivity contribution is 0.590. The van der Waals surface area contributed by atoms with Crippen molar-refractivity contribution < 1.29 is 8.81 Å². The van der Waals surface area contributed by atoms with Crippen molar-refractivity contribution in [2.24, 2.45) is 5.73 Å². The lowest BCUT2D eigenvalue weighted by Crippen LogP contribution is -2.25. The molecule has 0 radical (unpaired) electrons. The SMILES string of the molecule is CC(CN)Nc1nc2ccc(F)cc2o1. The van der Waals surface area contributed by atoms with Gasteiger partial charge in [0, 0.05) is 18.7 Å². The molecule has 0 saturated carbocycles. The van der Waals surface area contributed by atoms with Crippen molar-refractivity contribution >= 4 is 17.1 Å². The van der Waals surface area contributed by atoms with Crippen LogP contribution in [0.1, 0.15) is 6.92 Å². The normalized spacial score (nSPS) is 13.0. The Morgan fingerprint density at radius 1 is 1.60 bits per heavy atom. The lowest BCUT2D eigenvalue weighted by atomic mass is 10.3. The zero-order valence-electron chi connectivity index (χ0n) is 8.33. The van der Waals surface area contributed by atoms with E-state index >= 15 is 0 Å². The first-order valence-corrected chi connectivity index (χ1v) is 4.71. The van der Waals surface area contributed by atoms with Gasteiger partial charge in [0.2, 0.25) is 0 Å². The molecule has 5 heteroatoms. The lowest BCUT2D eigenvalue weighted by Gasteiger charge is -2.07. The summed E-state index contributed by atoms with van der Waals surface area (Å²) >= 11 is 0. The molecule has 0 aliphatic rings. The Morgan fingerprint density at radius 3 is 3.13 bits per heavy atom. The van der Waals surface area contributed by atoms with E-state index in [1.54, 1.807) is 6.07 Å². The van der Waals surface area contributed by atoms with Crippen LogP contribution >= 0.6 is 0 Å². The molecule has 0 amide bonds. The summed E-state index contributed by atoms with van der Waals surface area (Å²) in [7, 11) is 0. The fourth-order valence-electron chi connectivity index (χ4n) is 1.23. The summed E-state index contributed by atoms with van der Waals surface area (Å²) in [6, 6.07) is 4.67. The summed E-state index contributed by atoms with van der Waals surface area (Å²) in [4.78, 5) is 4.14. The van der Waals surface area contributed by atoms with Gasteiger partial charge in [0.25, 0.3) is 6.01 Å². The van der Waals surface area contributed by atoms with E-state index in [0.29, 0.717) is 23.7 Å². The highest BCUT2D eigenvalue weighted by atomic mass is 19.1. The van der Waals surface area contributed by atoms with Gasteiger partial charge >= 0.3 is 0 Å². The Hall–Kier alpha value is -1.62. The largest absolute Gasteiger partial charge is 0.423 e. The number of halogens is 1. The number of nitrogens with one attached hydrogen (secondary N) is 1. The number of aromatic nitrogens is 1. The molecule has 3 N–H and O–H groups in total. The van der Waals surface area contributed by atoms with Crippen molar-refractivity contribution in [3.63, 3.8) is 0 Å². The van der Waals surface area contributed by atoms with Crippen LogP contribution in [0.2, 0.25) is 0 Å². The van der Waals surface area contributed by atoms with Crippen LogP contribution in [0.3, 0.4) is 0 Å². The van der Waals surface area contributed by atoms with Gasteiger partial charge in [-0.15, -0.1) is 0 Å². The molecule has 1 aromatic heterocycles. The van der Waals surface area contributed by atoms with E-state index in [2.05, 4.69) is 10.3 Å². The Labute approximate surface area is 86.3 Å². The molecular formula is C10H12FN3O. The minimum Gasteiger partial charge on any atom is -0.423 e. The van der Waals surface area contributed by atoms with E-state index in [0.717, 1.165) is 0 Å². The molecule has 15 heavy (non-hydrogen) atoms. The first-order chi connectivity index (χ1) is 7.19. The third-order valence-corrected chi connectivity index (χ3v) is 2.07. The number of hydrogen-bond acceptors (Lipinski definition) is 4. The van der Waals surface area contributed by atoms with E-state index in [1.165, 1.54) is 12.1 Å². The molecule has 1 heterocycles. The number of oxazole rings is 1. The van der Waals surface area contributed by atoms with Gasteiger partial charge in [-0.25, -0.2) is 4.39 Å². The first kappa shape index (κ1) is 9.92. The average Bonchev–Trinajstić information content (AvgIpc) is 2.59. The number of hydrogen-bond donors (Lipinski definition) is 2. The maximum atomic E-state index is 12.8. The minimum absolute atomic E-state index is 0.0721. The van der Waals surface area contributed by atoms with Crippen molar-refractivity contribution in [3.05, 3.63) is 24.0 Å². The zero-order chi connectivity index (χ0) is 10.8. The maximum absolute atomic E-state index is 12.8. The second kappa shape index (κ2) is 3.86. The van der Waals surface area contributed by atoms with Crippen LogP contribution in [0.4, 0.5) is 10.4 Å². The smallest absolute Gasteiger partial charge is 0.295 e. The molecule has 2 rings (SSSR count). The van der Waals surface area contributed by atoms with Crippen LogP contribution < -0.4 is 11.1 Å². The molecule has 0 saturated heterocycles. The van der Waals surface area contributed by atoms with Gasteiger partial charge in [-0.3, -0.25) is 0 Å². The summed E-state index contributed by atoms with van der Waals surface area (Å²) in [5.74, 6) is -0.336. The standard InChI is InChI=1S/C10H12FN3O/c1-6(5-12)13-10-14-8-3-2-7(11)4-9(8)15-10/h2-4,6H,5,12H2,1H3,(H,13,14). The van der Waals surface area contributed by atoms with Crippen molar-refractivity contribution in [3.8, 4) is 0 Å². The highest BCUT2D eigenvalue weighted by molar-refractivity contribution is 5.74. The second-order valence-electron chi connectivity index (χ2n) is 3.41. The highest BCUT2D eigenvalue weighted by Crippen LogP contribution is 2.19. The molecule has 0 fully saturated rings. The fourth-order valence-corrected chi connectivity index (χ4v) is 1.23. The predicted octanol–water partition coefficient (Wildman–Crippen LogP) is 1.73. The predicted molar refractivity (Wildman–Crippen MR) is 56.1 cm³/mol. The van der Waals surface area contributed by atoms with E-state index in [-0.39, 0.29) is 11.9 Å². The molecule has 1 atom stereocenters. The van der Waals surface area contributed by atoms with Crippen LogP contribution in [-0.4, -0.2) is 17.6 Å². The van der Waals surface area contributed by atoms with Crippen LogP contribution in [0.25, 0.3) is 11.1 Å². The quantitative estimate of drug-likeness (QED) is 0.808. The molecule has 0 aliphatic carbocycles. The van der Waals surface area contributed by atoms with Gasteiger partial charge in [0.15, 0.2) is 5.58 Å². The number of anilines is 1. The molecule has 80 valence electrons. The average molecular weight is 209 g/mol. The highest BCUT2D eigenvalue weighted by Gasteiger charge is 2.08. The minimum atomic E-state index is -0.336.